The highest BCUT2D eigenvalue weighted by molar-refractivity contribution is 7.85. The molecule has 0 bridgehead atoms. The monoisotopic (exact) mass is 249 g/mol. The number of rotatable bonds is 8. The van der Waals surface area contributed by atoms with Gasteiger partial charge in [0, 0.05) is 36.8 Å². The summed E-state index contributed by atoms with van der Waals surface area (Å²) in [6.07, 6.45) is 2.08. The molecule has 1 aliphatic heterocycles. The van der Waals surface area contributed by atoms with Crippen molar-refractivity contribution in [1.82, 2.24) is 5.32 Å². The topological polar surface area (TPSA) is 47.6 Å². The lowest BCUT2D eigenvalue weighted by molar-refractivity contribution is 0.127. The van der Waals surface area contributed by atoms with Crippen LogP contribution in [0.25, 0.3) is 0 Å². The molecule has 0 aromatic heterocycles. The molecule has 5 heteroatoms. The van der Waals surface area contributed by atoms with Gasteiger partial charge in [-0.25, -0.2) is 0 Å². The van der Waals surface area contributed by atoms with E-state index in [9.17, 15) is 4.21 Å². The molecule has 0 amide bonds. The van der Waals surface area contributed by atoms with Crippen molar-refractivity contribution in [2.45, 2.75) is 31.1 Å². The Morgan fingerprint density at radius 1 is 1.50 bits per heavy atom. The predicted octanol–water partition coefficient (Wildman–Crippen LogP) is 0.539. The standard InChI is InChI=1S/C11H23NO3S/c1-10-11(4-7-15-10)16(13)9-3-5-12-6-8-14-2/h10-12H,3-9H2,1-2H3. The molecule has 1 N–H and O–H groups in total. The Morgan fingerprint density at radius 2 is 2.31 bits per heavy atom. The minimum atomic E-state index is -0.729. The van der Waals surface area contributed by atoms with Crippen molar-refractivity contribution in [3.8, 4) is 0 Å². The molecule has 0 aromatic carbocycles. The van der Waals surface area contributed by atoms with Crippen LogP contribution in [0.2, 0.25) is 0 Å². The molecule has 1 aliphatic rings. The fraction of sp³-hybridized carbons (Fsp3) is 1.00. The molecular weight excluding hydrogens is 226 g/mol. The van der Waals surface area contributed by atoms with E-state index in [0.29, 0.717) is 0 Å². The van der Waals surface area contributed by atoms with Gasteiger partial charge >= 0.3 is 0 Å². The Kier molecular flexibility index (Phi) is 7.20. The van der Waals surface area contributed by atoms with Gasteiger partial charge in [-0.15, -0.1) is 0 Å². The lowest BCUT2D eigenvalue weighted by Crippen LogP contribution is -2.27. The summed E-state index contributed by atoms with van der Waals surface area (Å²) in [5.41, 5.74) is 0. The van der Waals surface area contributed by atoms with Crippen molar-refractivity contribution < 1.29 is 13.7 Å². The molecule has 0 saturated carbocycles. The molecule has 3 atom stereocenters. The van der Waals surface area contributed by atoms with Crippen molar-refractivity contribution in [1.29, 1.82) is 0 Å². The summed E-state index contributed by atoms with van der Waals surface area (Å²) < 4.78 is 22.3. The first kappa shape index (κ1) is 14.1. The largest absolute Gasteiger partial charge is 0.383 e. The lowest BCUT2D eigenvalue weighted by Gasteiger charge is -2.13. The SMILES string of the molecule is COCCNCCCS(=O)C1CCOC1C. The molecule has 1 heterocycles. The van der Waals surface area contributed by atoms with Gasteiger partial charge in [-0.3, -0.25) is 4.21 Å². The maximum atomic E-state index is 11.9. The van der Waals surface area contributed by atoms with E-state index in [1.165, 1.54) is 0 Å². The summed E-state index contributed by atoms with van der Waals surface area (Å²) in [5, 5.41) is 3.50. The zero-order valence-corrected chi connectivity index (χ0v) is 11.1. The first-order valence-corrected chi connectivity index (χ1v) is 7.32. The fourth-order valence-electron chi connectivity index (χ4n) is 1.85. The van der Waals surface area contributed by atoms with Crippen LogP contribution in [0.1, 0.15) is 19.8 Å². The van der Waals surface area contributed by atoms with Gasteiger partial charge in [0.05, 0.1) is 18.0 Å². The number of nitrogens with one attached hydrogen (secondary N) is 1. The van der Waals surface area contributed by atoms with Gasteiger partial charge < -0.3 is 14.8 Å². The Balaban J connectivity index is 2.02. The molecule has 0 radical (unpaired) electrons. The van der Waals surface area contributed by atoms with Crippen LogP contribution in [0.5, 0.6) is 0 Å². The molecule has 4 nitrogen and oxygen atoms in total. The summed E-state index contributed by atoms with van der Waals surface area (Å²) >= 11 is 0. The average molecular weight is 249 g/mol. The van der Waals surface area contributed by atoms with Crippen molar-refractivity contribution in [3.05, 3.63) is 0 Å². The van der Waals surface area contributed by atoms with Crippen LogP contribution in [0.3, 0.4) is 0 Å². The van der Waals surface area contributed by atoms with E-state index in [1.807, 2.05) is 6.92 Å². The molecule has 0 spiro atoms. The van der Waals surface area contributed by atoms with E-state index in [4.69, 9.17) is 9.47 Å². The maximum absolute atomic E-state index is 11.9. The zero-order valence-electron chi connectivity index (χ0n) is 10.2. The highest BCUT2D eigenvalue weighted by Crippen LogP contribution is 2.18. The molecule has 1 rings (SSSR count). The number of hydrogen-bond donors (Lipinski definition) is 1. The average Bonchev–Trinajstić information content (AvgIpc) is 2.69. The third-order valence-corrected chi connectivity index (χ3v) is 4.81. The van der Waals surface area contributed by atoms with Gasteiger partial charge in [-0.1, -0.05) is 0 Å². The summed E-state index contributed by atoms with van der Waals surface area (Å²) in [5.74, 6) is 0.776. The van der Waals surface area contributed by atoms with Crippen molar-refractivity contribution in [3.63, 3.8) is 0 Å². The zero-order chi connectivity index (χ0) is 11.8. The highest BCUT2D eigenvalue weighted by Gasteiger charge is 2.28. The van der Waals surface area contributed by atoms with Crippen LogP contribution in [0.15, 0.2) is 0 Å². The van der Waals surface area contributed by atoms with Gasteiger partial charge in [0.1, 0.15) is 0 Å². The second-order valence-electron chi connectivity index (χ2n) is 4.08. The Labute approximate surface area is 101 Å². The fourth-order valence-corrected chi connectivity index (χ4v) is 3.44. The highest BCUT2D eigenvalue weighted by atomic mass is 32.2. The van der Waals surface area contributed by atoms with Crippen LogP contribution in [0.4, 0.5) is 0 Å². The summed E-state index contributed by atoms with van der Waals surface area (Å²) in [6.45, 7) is 5.30. The van der Waals surface area contributed by atoms with Gasteiger partial charge in [-0.05, 0) is 26.3 Å². The van der Waals surface area contributed by atoms with Crippen molar-refractivity contribution in [2.75, 3.05) is 39.2 Å². The van der Waals surface area contributed by atoms with E-state index in [0.717, 1.165) is 44.9 Å². The minimum absolute atomic E-state index is 0.169. The van der Waals surface area contributed by atoms with Crippen LogP contribution >= 0.6 is 0 Å². The molecule has 16 heavy (non-hydrogen) atoms. The first-order chi connectivity index (χ1) is 7.75. The van der Waals surface area contributed by atoms with E-state index in [2.05, 4.69) is 5.32 Å². The number of ether oxygens (including phenoxy) is 2. The van der Waals surface area contributed by atoms with E-state index < -0.39 is 10.8 Å². The molecule has 1 fully saturated rings. The van der Waals surface area contributed by atoms with Gasteiger partial charge in [0.2, 0.25) is 0 Å². The van der Waals surface area contributed by atoms with E-state index in [-0.39, 0.29) is 11.4 Å². The van der Waals surface area contributed by atoms with Crippen molar-refractivity contribution >= 4 is 10.8 Å². The quantitative estimate of drug-likeness (QED) is 0.638. The maximum Gasteiger partial charge on any atom is 0.0691 e. The normalized spacial score (nSPS) is 27.1. The molecule has 96 valence electrons. The second-order valence-corrected chi connectivity index (χ2v) is 5.86. The second kappa shape index (κ2) is 8.17. The summed E-state index contributed by atoms with van der Waals surface area (Å²) in [7, 11) is 0.964. The van der Waals surface area contributed by atoms with Crippen LogP contribution in [0, 0.1) is 0 Å². The molecule has 1 saturated heterocycles. The number of methoxy groups -OCH3 is 1. The van der Waals surface area contributed by atoms with E-state index >= 15 is 0 Å². The summed E-state index contributed by atoms with van der Waals surface area (Å²) in [4.78, 5) is 0. The molecule has 3 unspecified atom stereocenters. The minimum Gasteiger partial charge on any atom is -0.383 e. The third-order valence-electron chi connectivity index (χ3n) is 2.83. The van der Waals surface area contributed by atoms with Gasteiger partial charge in [0.15, 0.2) is 0 Å². The van der Waals surface area contributed by atoms with E-state index in [1.54, 1.807) is 7.11 Å². The third kappa shape index (κ3) is 4.91. The van der Waals surface area contributed by atoms with Crippen molar-refractivity contribution in [2.24, 2.45) is 0 Å². The summed E-state index contributed by atoms with van der Waals surface area (Å²) in [6, 6.07) is 0. The smallest absolute Gasteiger partial charge is 0.0691 e. The Hall–Kier alpha value is 0.0300. The van der Waals surface area contributed by atoms with Crippen LogP contribution in [-0.4, -0.2) is 54.7 Å². The molecule has 0 aromatic rings. The first-order valence-electron chi connectivity index (χ1n) is 5.94. The molecular formula is C11H23NO3S. The van der Waals surface area contributed by atoms with Gasteiger partial charge in [0.25, 0.3) is 0 Å². The van der Waals surface area contributed by atoms with Gasteiger partial charge in [-0.2, -0.15) is 0 Å². The Bertz CT molecular complexity index is 213. The van der Waals surface area contributed by atoms with Crippen LogP contribution in [-0.2, 0) is 20.3 Å². The number of hydrogen-bond acceptors (Lipinski definition) is 4. The van der Waals surface area contributed by atoms with Crippen LogP contribution < -0.4 is 5.32 Å². The predicted molar refractivity (Wildman–Crippen MR) is 66.2 cm³/mol. The molecule has 0 aliphatic carbocycles. The Morgan fingerprint density at radius 3 is 2.94 bits per heavy atom. The lowest BCUT2D eigenvalue weighted by atomic mass is 10.3.